The van der Waals surface area contributed by atoms with Gasteiger partial charge in [-0.25, -0.2) is 4.98 Å². The lowest BCUT2D eigenvalue weighted by Gasteiger charge is -2.04. The molecule has 3 N–H and O–H groups in total. The summed E-state index contributed by atoms with van der Waals surface area (Å²) in [5.41, 5.74) is 5.37. The Morgan fingerprint density at radius 1 is 1.50 bits per heavy atom. The molecule has 0 saturated carbocycles. The molecule has 0 aromatic carbocycles. The van der Waals surface area contributed by atoms with Crippen molar-refractivity contribution in [2.45, 2.75) is 12.8 Å². The number of aromatic nitrogens is 2. The number of unbranched alkanes of at least 4 members (excludes halogenated alkanes) is 1. The molecule has 0 radical (unpaired) electrons. The van der Waals surface area contributed by atoms with Gasteiger partial charge in [0.25, 0.3) is 0 Å². The van der Waals surface area contributed by atoms with Crippen molar-refractivity contribution in [3.05, 3.63) is 12.3 Å². The summed E-state index contributed by atoms with van der Waals surface area (Å²) in [6.07, 6.45) is 3.70. The molecule has 0 aliphatic carbocycles. The molecule has 0 unspecified atom stereocenters. The third-order valence-electron chi connectivity index (χ3n) is 1.75. The molecular weight excluding hydrogens is 180 g/mol. The SMILES string of the molecule is COc1ccnc(NCCCCN)n1. The second-order valence-electron chi connectivity index (χ2n) is 2.85. The molecule has 0 saturated heterocycles. The van der Waals surface area contributed by atoms with Crippen LogP contribution in [0, 0.1) is 0 Å². The first-order valence-corrected chi connectivity index (χ1v) is 4.68. The largest absolute Gasteiger partial charge is 0.481 e. The van der Waals surface area contributed by atoms with E-state index in [9.17, 15) is 0 Å². The Balaban J connectivity index is 2.34. The van der Waals surface area contributed by atoms with Crippen LogP contribution in [0.1, 0.15) is 12.8 Å². The zero-order valence-electron chi connectivity index (χ0n) is 8.36. The molecule has 1 rings (SSSR count). The molecule has 0 aliphatic heterocycles. The predicted molar refractivity (Wildman–Crippen MR) is 55.4 cm³/mol. The fraction of sp³-hybridized carbons (Fsp3) is 0.556. The summed E-state index contributed by atoms with van der Waals surface area (Å²) in [6.45, 7) is 1.56. The number of hydrogen-bond donors (Lipinski definition) is 2. The van der Waals surface area contributed by atoms with Crippen LogP contribution in [0.4, 0.5) is 5.95 Å². The van der Waals surface area contributed by atoms with Gasteiger partial charge in [-0.15, -0.1) is 0 Å². The number of rotatable bonds is 6. The number of nitrogens with zero attached hydrogens (tertiary/aromatic N) is 2. The molecule has 0 aliphatic rings. The third kappa shape index (κ3) is 3.57. The smallest absolute Gasteiger partial charge is 0.225 e. The van der Waals surface area contributed by atoms with Crippen molar-refractivity contribution in [1.29, 1.82) is 0 Å². The number of anilines is 1. The van der Waals surface area contributed by atoms with E-state index in [2.05, 4.69) is 15.3 Å². The molecule has 14 heavy (non-hydrogen) atoms. The zero-order chi connectivity index (χ0) is 10.2. The molecule has 0 amide bonds. The van der Waals surface area contributed by atoms with Crippen LogP contribution >= 0.6 is 0 Å². The highest BCUT2D eigenvalue weighted by molar-refractivity contribution is 5.26. The Morgan fingerprint density at radius 3 is 3.07 bits per heavy atom. The fourth-order valence-electron chi connectivity index (χ4n) is 1.01. The van der Waals surface area contributed by atoms with Gasteiger partial charge in [-0.3, -0.25) is 0 Å². The summed E-state index contributed by atoms with van der Waals surface area (Å²) in [6, 6.07) is 1.71. The molecule has 1 aromatic rings. The van der Waals surface area contributed by atoms with E-state index in [-0.39, 0.29) is 0 Å². The zero-order valence-corrected chi connectivity index (χ0v) is 8.36. The lowest BCUT2D eigenvalue weighted by molar-refractivity contribution is 0.397. The van der Waals surface area contributed by atoms with Gasteiger partial charge in [0, 0.05) is 18.8 Å². The fourth-order valence-corrected chi connectivity index (χ4v) is 1.01. The molecule has 0 fully saturated rings. The quantitative estimate of drug-likeness (QED) is 0.653. The van der Waals surface area contributed by atoms with Crippen LogP contribution in [0.3, 0.4) is 0 Å². The van der Waals surface area contributed by atoms with E-state index in [1.807, 2.05) is 0 Å². The van der Waals surface area contributed by atoms with Crippen LogP contribution in [0.15, 0.2) is 12.3 Å². The lowest BCUT2D eigenvalue weighted by Crippen LogP contribution is -2.08. The van der Waals surface area contributed by atoms with Gasteiger partial charge in [-0.05, 0) is 19.4 Å². The van der Waals surface area contributed by atoms with E-state index in [0.29, 0.717) is 11.8 Å². The Bertz CT molecular complexity index is 267. The monoisotopic (exact) mass is 196 g/mol. The Labute approximate surface area is 83.7 Å². The van der Waals surface area contributed by atoms with E-state index in [1.165, 1.54) is 0 Å². The van der Waals surface area contributed by atoms with Crippen molar-refractivity contribution in [3.63, 3.8) is 0 Å². The van der Waals surface area contributed by atoms with Crippen molar-refractivity contribution < 1.29 is 4.74 Å². The normalized spacial score (nSPS) is 9.86. The minimum Gasteiger partial charge on any atom is -0.481 e. The second-order valence-corrected chi connectivity index (χ2v) is 2.85. The lowest BCUT2D eigenvalue weighted by atomic mass is 10.3. The summed E-state index contributed by atoms with van der Waals surface area (Å²) < 4.78 is 4.97. The summed E-state index contributed by atoms with van der Waals surface area (Å²) in [5.74, 6) is 1.17. The van der Waals surface area contributed by atoms with Crippen LogP contribution in [0.2, 0.25) is 0 Å². The van der Waals surface area contributed by atoms with Gasteiger partial charge in [0.15, 0.2) is 0 Å². The van der Waals surface area contributed by atoms with E-state index < -0.39 is 0 Å². The van der Waals surface area contributed by atoms with Gasteiger partial charge in [-0.1, -0.05) is 0 Å². The number of hydrogen-bond acceptors (Lipinski definition) is 5. The molecule has 0 bridgehead atoms. The maximum Gasteiger partial charge on any atom is 0.225 e. The van der Waals surface area contributed by atoms with Crippen molar-refractivity contribution in [1.82, 2.24) is 9.97 Å². The minimum absolute atomic E-state index is 0.571. The maximum absolute atomic E-state index is 5.37. The highest BCUT2D eigenvalue weighted by atomic mass is 16.5. The van der Waals surface area contributed by atoms with Gasteiger partial charge in [0.1, 0.15) is 0 Å². The van der Waals surface area contributed by atoms with Crippen LogP contribution in [0.5, 0.6) is 5.88 Å². The molecular formula is C9H16N4O. The summed E-state index contributed by atoms with van der Waals surface area (Å²) >= 11 is 0. The Morgan fingerprint density at radius 2 is 2.36 bits per heavy atom. The van der Waals surface area contributed by atoms with Gasteiger partial charge < -0.3 is 15.8 Å². The maximum atomic E-state index is 5.37. The average molecular weight is 196 g/mol. The topological polar surface area (TPSA) is 73.1 Å². The second kappa shape index (κ2) is 6.15. The van der Waals surface area contributed by atoms with E-state index >= 15 is 0 Å². The highest BCUT2D eigenvalue weighted by Crippen LogP contribution is 2.06. The van der Waals surface area contributed by atoms with Crippen LogP contribution in [-0.2, 0) is 0 Å². The molecule has 1 heterocycles. The first kappa shape index (κ1) is 10.7. The minimum atomic E-state index is 0.571. The third-order valence-corrected chi connectivity index (χ3v) is 1.75. The highest BCUT2D eigenvalue weighted by Gasteiger charge is 1.96. The number of nitrogens with one attached hydrogen (secondary N) is 1. The standard InChI is InChI=1S/C9H16N4O/c1-14-8-4-7-12-9(13-8)11-6-3-2-5-10/h4,7H,2-3,5-6,10H2,1H3,(H,11,12,13). The van der Waals surface area contributed by atoms with Crippen molar-refractivity contribution in [2.24, 2.45) is 5.73 Å². The van der Waals surface area contributed by atoms with Crippen LogP contribution in [-0.4, -0.2) is 30.2 Å². The predicted octanol–water partition coefficient (Wildman–Crippen LogP) is 0.636. The number of methoxy groups -OCH3 is 1. The van der Waals surface area contributed by atoms with Gasteiger partial charge in [0.2, 0.25) is 11.8 Å². The molecule has 1 aromatic heterocycles. The molecule has 5 nitrogen and oxygen atoms in total. The van der Waals surface area contributed by atoms with Gasteiger partial charge in [-0.2, -0.15) is 4.98 Å². The van der Waals surface area contributed by atoms with E-state index in [0.717, 1.165) is 25.9 Å². The van der Waals surface area contributed by atoms with Crippen LogP contribution in [0.25, 0.3) is 0 Å². The van der Waals surface area contributed by atoms with E-state index in [4.69, 9.17) is 10.5 Å². The number of nitrogens with two attached hydrogens (primary N) is 1. The molecule has 5 heteroatoms. The summed E-state index contributed by atoms with van der Waals surface area (Å²) in [7, 11) is 1.58. The molecule has 78 valence electrons. The molecule has 0 atom stereocenters. The van der Waals surface area contributed by atoms with Crippen LogP contribution < -0.4 is 15.8 Å². The Kier molecular flexibility index (Phi) is 4.71. The van der Waals surface area contributed by atoms with E-state index in [1.54, 1.807) is 19.4 Å². The Hall–Kier alpha value is -1.36. The average Bonchev–Trinajstić information content (AvgIpc) is 2.25. The van der Waals surface area contributed by atoms with Gasteiger partial charge >= 0.3 is 0 Å². The van der Waals surface area contributed by atoms with Crippen molar-refractivity contribution in [3.8, 4) is 5.88 Å². The summed E-state index contributed by atoms with van der Waals surface area (Å²) in [5, 5.41) is 3.10. The molecule has 0 spiro atoms. The van der Waals surface area contributed by atoms with Crippen molar-refractivity contribution in [2.75, 3.05) is 25.5 Å². The summed E-state index contributed by atoms with van der Waals surface area (Å²) in [4.78, 5) is 8.16. The number of ether oxygens (including phenoxy) is 1. The first-order chi connectivity index (χ1) is 6.86. The van der Waals surface area contributed by atoms with Gasteiger partial charge in [0.05, 0.1) is 7.11 Å². The first-order valence-electron chi connectivity index (χ1n) is 4.68. The van der Waals surface area contributed by atoms with Crippen molar-refractivity contribution >= 4 is 5.95 Å².